The predicted octanol–water partition coefficient (Wildman–Crippen LogP) is 5.90. The van der Waals surface area contributed by atoms with Crippen molar-refractivity contribution in [1.82, 2.24) is 19.7 Å². The zero-order chi connectivity index (χ0) is 28.0. The van der Waals surface area contributed by atoms with E-state index in [1.807, 2.05) is 36.4 Å². The summed E-state index contributed by atoms with van der Waals surface area (Å²) in [7, 11) is 0. The summed E-state index contributed by atoms with van der Waals surface area (Å²) in [6, 6.07) is 23.3. The molecule has 1 aromatic heterocycles. The van der Waals surface area contributed by atoms with Crippen LogP contribution < -0.4 is 0 Å². The lowest BCUT2D eigenvalue weighted by Crippen LogP contribution is -2.54. The fraction of sp³-hybridized carbons (Fsp3) is 0.400. The smallest absolute Gasteiger partial charge is 0.255 e. The lowest BCUT2D eigenvalue weighted by atomic mass is 9.76. The fourth-order valence-electron chi connectivity index (χ4n) is 7.84. The number of aromatic nitrogens is 1. The van der Waals surface area contributed by atoms with E-state index in [-0.39, 0.29) is 17.4 Å². The zero-order valence-electron chi connectivity index (χ0n) is 23.8. The monoisotopic (exact) mass is 546 g/mol. The number of carbonyl (C=O) groups excluding carboxylic acids is 2. The van der Waals surface area contributed by atoms with Crippen LogP contribution in [-0.2, 0) is 11.3 Å². The summed E-state index contributed by atoms with van der Waals surface area (Å²) in [5.74, 6) is 0.458. The van der Waals surface area contributed by atoms with Gasteiger partial charge in [0.15, 0.2) is 0 Å². The fourth-order valence-corrected chi connectivity index (χ4v) is 7.84. The number of nitrogens with zero attached hydrogens (tertiary/aromatic N) is 4. The van der Waals surface area contributed by atoms with Crippen LogP contribution >= 0.6 is 0 Å². The summed E-state index contributed by atoms with van der Waals surface area (Å²) in [6.45, 7) is 6.25. The third-order valence-corrected chi connectivity index (χ3v) is 9.89. The van der Waals surface area contributed by atoms with Crippen molar-refractivity contribution in [2.75, 3.05) is 26.2 Å². The summed E-state index contributed by atoms with van der Waals surface area (Å²) in [6.07, 6.45) is 8.48. The van der Waals surface area contributed by atoms with Gasteiger partial charge in [0.05, 0.1) is 11.0 Å². The normalized spacial score (nSPS) is 24.1. The molecule has 210 valence electrons. The van der Waals surface area contributed by atoms with Crippen LogP contribution in [0.25, 0.3) is 21.5 Å². The molecule has 3 aromatic carbocycles. The van der Waals surface area contributed by atoms with Gasteiger partial charge in [0, 0.05) is 50.7 Å². The van der Waals surface area contributed by atoms with E-state index in [4.69, 9.17) is 0 Å². The van der Waals surface area contributed by atoms with Gasteiger partial charge in [-0.2, -0.15) is 0 Å². The van der Waals surface area contributed by atoms with Gasteiger partial charge in [-0.1, -0.05) is 48.5 Å². The van der Waals surface area contributed by atoms with Crippen LogP contribution in [0.2, 0.25) is 0 Å². The molecule has 3 fully saturated rings. The first-order valence-electron chi connectivity index (χ1n) is 15.2. The zero-order valence-corrected chi connectivity index (χ0v) is 23.8. The first-order valence-corrected chi connectivity index (χ1v) is 15.2. The number of amides is 2. The van der Waals surface area contributed by atoms with Crippen molar-refractivity contribution in [2.24, 2.45) is 5.41 Å². The van der Waals surface area contributed by atoms with Gasteiger partial charge in [0.1, 0.15) is 0 Å². The molecule has 7 rings (SSSR count). The average molecular weight is 547 g/mol. The number of pyridine rings is 1. The van der Waals surface area contributed by atoms with E-state index in [9.17, 15) is 9.59 Å². The number of fused-ring (bicyclic) bond motifs is 2. The number of piperidine rings is 2. The third kappa shape index (κ3) is 4.68. The van der Waals surface area contributed by atoms with Crippen LogP contribution in [0.1, 0.15) is 54.9 Å². The number of carbonyl (C=O) groups is 2. The van der Waals surface area contributed by atoms with Crippen LogP contribution in [0.3, 0.4) is 0 Å². The maximum Gasteiger partial charge on any atom is 0.255 e. The van der Waals surface area contributed by atoms with Crippen LogP contribution in [-0.4, -0.2) is 69.8 Å². The minimum Gasteiger partial charge on any atom is -0.338 e. The summed E-state index contributed by atoms with van der Waals surface area (Å²) in [4.78, 5) is 38.8. The molecule has 6 nitrogen and oxygen atoms in total. The number of rotatable bonds is 4. The predicted molar refractivity (Wildman–Crippen MR) is 162 cm³/mol. The van der Waals surface area contributed by atoms with Gasteiger partial charge in [0.25, 0.3) is 5.91 Å². The van der Waals surface area contributed by atoms with Gasteiger partial charge < -0.3 is 9.80 Å². The molecular weight excluding hydrogens is 508 g/mol. The van der Waals surface area contributed by atoms with Crippen molar-refractivity contribution in [3.8, 4) is 0 Å². The van der Waals surface area contributed by atoms with E-state index in [0.29, 0.717) is 18.5 Å². The standard InChI is InChI=1S/C35H38N4O2/c1-25-22-35(34(41)39(25)23-26-11-16-36-17-12-26)15-6-18-38(24-35)29-13-19-37(20-14-29)33(40)32-30-9-4-2-7-27(30)21-28-8-3-5-10-31(28)32/h2-5,7-12,16-17,21,25,29H,6,13-15,18-20,22-24H2,1H3. The summed E-state index contributed by atoms with van der Waals surface area (Å²) < 4.78 is 0. The number of hydrogen-bond donors (Lipinski definition) is 0. The molecule has 1 spiro atoms. The summed E-state index contributed by atoms with van der Waals surface area (Å²) in [5.41, 5.74) is 1.69. The highest BCUT2D eigenvalue weighted by Crippen LogP contribution is 2.44. The Bertz CT molecular complexity index is 1540. The van der Waals surface area contributed by atoms with Gasteiger partial charge in [-0.05, 0) is 90.9 Å². The van der Waals surface area contributed by atoms with Gasteiger partial charge in [0.2, 0.25) is 5.91 Å². The summed E-state index contributed by atoms with van der Waals surface area (Å²) in [5, 5.41) is 4.27. The van der Waals surface area contributed by atoms with Crippen molar-refractivity contribution in [1.29, 1.82) is 0 Å². The second kappa shape index (κ2) is 10.6. The molecule has 2 atom stereocenters. The Hall–Kier alpha value is -3.77. The number of benzene rings is 3. The second-order valence-corrected chi connectivity index (χ2v) is 12.4. The SMILES string of the molecule is CC1CC2(CCCN(C3CCN(C(=O)c4c5ccccc5cc5ccccc45)CC3)C2)C(=O)N1Cc1ccncc1. The lowest BCUT2D eigenvalue weighted by Gasteiger charge is -2.45. The van der Waals surface area contributed by atoms with Crippen LogP contribution in [0.4, 0.5) is 0 Å². The van der Waals surface area contributed by atoms with Crippen LogP contribution in [0.15, 0.2) is 79.1 Å². The Balaban J connectivity index is 1.05. The van der Waals surface area contributed by atoms with Gasteiger partial charge in [-0.15, -0.1) is 0 Å². The van der Waals surface area contributed by atoms with Crippen LogP contribution in [0.5, 0.6) is 0 Å². The Morgan fingerprint density at radius 3 is 2.27 bits per heavy atom. The molecule has 4 heterocycles. The van der Waals surface area contributed by atoms with E-state index in [0.717, 1.165) is 91.0 Å². The molecule has 3 aliphatic rings. The van der Waals surface area contributed by atoms with Crippen LogP contribution in [0, 0.1) is 5.41 Å². The molecule has 2 amide bonds. The van der Waals surface area contributed by atoms with Crippen molar-refractivity contribution < 1.29 is 9.59 Å². The molecule has 3 saturated heterocycles. The molecule has 0 N–H and O–H groups in total. The maximum atomic E-state index is 14.0. The van der Waals surface area contributed by atoms with Crippen molar-refractivity contribution in [3.63, 3.8) is 0 Å². The molecule has 41 heavy (non-hydrogen) atoms. The third-order valence-electron chi connectivity index (χ3n) is 9.89. The molecule has 0 bridgehead atoms. The molecular formula is C35H38N4O2. The Kier molecular flexibility index (Phi) is 6.74. The molecule has 6 heteroatoms. The maximum absolute atomic E-state index is 14.0. The van der Waals surface area contributed by atoms with E-state index in [1.165, 1.54) is 0 Å². The lowest BCUT2D eigenvalue weighted by molar-refractivity contribution is -0.140. The Morgan fingerprint density at radius 2 is 1.59 bits per heavy atom. The average Bonchev–Trinajstić information content (AvgIpc) is 3.23. The molecule has 0 aliphatic carbocycles. The highest BCUT2D eigenvalue weighted by Gasteiger charge is 2.52. The molecule has 0 saturated carbocycles. The van der Waals surface area contributed by atoms with Crippen molar-refractivity contribution in [2.45, 2.75) is 57.7 Å². The highest BCUT2D eigenvalue weighted by molar-refractivity contribution is 6.18. The largest absolute Gasteiger partial charge is 0.338 e. The van der Waals surface area contributed by atoms with Crippen molar-refractivity contribution in [3.05, 3.63) is 90.3 Å². The molecule has 3 aliphatic heterocycles. The molecule has 4 aromatic rings. The second-order valence-electron chi connectivity index (χ2n) is 12.4. The van der Waals surface area contributed by atoms with Gasteiger partial charge in [-0.25, -0.2) is 0 Å². The molecule has 2 unspecified atom stereocenters. The highest BCUT2D eigenvalue weighted by atomic mass is 16.2. The molecule has 0 radical (unpaired) electrons. The Morgan fingerprint density at radius 1 is 0.927 bits per heavy atom. The summed E-state index contributed by atoms with van der Waals surface area (Å²) >= 11 is 0. The first-order chi connectivity index (χ1) is 20.0. The minimum atomic E-state index is -0.278. The number of hydrogen-bond acceptors (Lipinski definition) is 4. The van der Waals surface area contributed by atoms with E-state index in [2.05, 4.69) is 56.9 Å². The topological polar surface area (TPSA) is 56.8 Å². The van der Waals surface area contributed by atoms with E-state index >= 15 is 0 Å². The van der Waals surface area contributed by atoms with Gasteiger partial charge >= 0.3 is 0 Å². The minimum absolute atomic E-state index is 0.137. The van der Waals surface area contributed by atoms with Crippen molar-refractivity contribution >= 4 is 33.4 Å². The van der Waals surface area contributed by atoms with Gasteiger partial charge in [-0.3, -0.25) is 19.5 Å². The first kappa shape index (κ1) is 26.1. The van der Waals surface area contributed by atoms with E-state index in [1.54, 1.807) is 12.4 Å². The number of likely N-dealkylation sites (tertiary alicyclic amines) is 3. The quantitative estimate of drug-likeness (QED) is 0.299. The Labute approximate surface area is 241 Å². The van der Waals surface area contributed by atoms with E-state index < -0.39 is 0 Å².